The van der Waals surface area contributed by atoms with Crippen molar-refractivity contribution in [1.29, 1.82) is 0 Å². The average molecular weight is 321 g/mol. The topological polar surface area (TPSA) is 80.1 Å². The van der Waals surface area contributed by atoms with Gasteiger partial charge in [0, 0.05) is 43.8 Å². The number of nitrogens with zero attached hydrogens (tertiary/aromatic N) is 4. The molecule has 1 N–H and O–H groups in total. The van der Waals surface area contributed by atoms with Gasteiger partial charge in [0.25, 0.3) is 10.2 Å². The van der Waals surface area contributed by atoms with E-state index in [4.69, 9.17) is 0 Å². The predicted molar refractivity (Wildman–Crippen MR) is 83.2 cm³/mol. The predicted octanol–water partition coefficient (Wildman–Crippen LogP) is 0.875. The molecule has 8 heteroatoms. The first kappa shape index (κ1) is 15.1. The van der Waals surface area contributed by atoms with Crippen LogP contribution in [0.3, 0.4) is 0 Å². The van der Waals surface area contributed by atoms with Gasteiger partial charge in [-0.15, -0.1) is 0 Å². The highest BCUT2D eigenvalue weighted by Crippen LogP contribution is 2.16. The molecular weight excluding hydrogens is 302 g/mol. The van der Waals surface area contributed by atoms with Gasteiger partial charge in [-0.25, -0.2) is 4.72 Å². The monoisotopic (exact) mass is 321 g/mol. The third kappa shape index (κ3) is 3.52. The Morgan fingerprint density at radius 3 is 2.59 bits per heavy atom. The van der Waals surface area contributed by atoms with Crippen LogP contribution in [0, 0.1) is 0 Å². The first-order valence-electron chi connectivity index (χ1n) is 7.33. The standard InChI is InChI=1S/C14H19N5O2S/c20-22(21,19-8-1-2-9-19)17-7-10-18-12-14(11-16-18)13-3-5-15-6-4-13/h3-6,11-12,17H,1-2,7-10H2. The van der Waals surface area contributed by atoms with Crippen molar-refractivity contribution in [3.05, 3.63) is 36.9 Å². The summed E-state index contributed by atoms with van der Waals surface area (Å²) >= 11 is 0. The molecule has 7 nitrogen and oxygen atoms in total. The van der Waals surface area contributed by atoms with Gasteiger partial charge in [0.05, 0.1) is 12.7 Å². The maximum atomic E-state index is 12.0. The van der Waals surface area contributed by atoms with Crippen molar-refractivity contribution < 1.29 is 8.42 Å². The molecule has 1 saturated heterocycles. The molecule has 118 valence electrons. The van der Waals surface area contributed by atoms with Crippen LogP contribution < -0.4 is 4.72 Å². The Labute approximate surface area is 130 Å². The van der Waals surface area contributed by atoms with Crippen molar-refractivity contribution in [3.63, 3.8) is 0 Å². The molecule has 2 aromatic heterocycles. The Bertz CT molecular complexity index is 708. The zero-order valence-corrected chi connectivity index (χ0v) is 13.0. The van der Waals surface area contributed by atoms with Crippen molar-refractivity contribution in [2.75, 3.05) is 19.6 Å². The molecule has 0 atom stereocenters. The molecule has 1 fully saturated rings. The van der Waals surface area contributed by atoms with Crippen LogP contribution in [0.1, 0.15) is 12.8 Å². The minimum Gasteiger partial charge on any atom is -0.271 e. The largest absolute Gasteiger partial charge is 0.279 e. The maximum Gasteiger partial charge on any atom is 0.279 e. The van der Waals surface area contributed by atoms with Gasteiger partial charge in [0.15, 0.2) is 0 Å². The molecule has 0 aliphatic carbocycles. The highest BCUT2D eigenvalue weighted by Gasteiger charge is 2.24. The third-order valence-electron chi connectivity index (χ3n) is 3.68. The molecular formula is C14H19N5O2S. The van der Waals surface area contributed by atoms with Gasteiger partial charge in [0.1, 0.15) is 0 Å². The van der Waals surface area contributed by atoms with Crippen LogP contribution in [0.5, 0.6) is 0 Å². The summed E-state index contributed by atoms with van der Waals surface area (Å²) in [6, 6.07) is 3.83. The van der Waals surface area contributed by atoms with Crippen molar-refractivity contribution in [2.24, 2.45) is 0 Å². The number of rotatable bonds is 6. The summed E-state index contributed by atoms with van der Waals surface area (Å²) in [5, 5.41) is 4.26. The molecule has 0 saturated carbocycles. The Balaban J connectivity index is 1.55. The second-order valence-electron chi connectivity index (χ2n) is 5.23. The van der Waals surface area contributed by atoms with E-state index in [1.54, 1.807) is 23.3 Å². The first-order valence-corrected chi connectivity index (χ1v) is 8.77. The summed E-state index contributed by atoms with van der Waals surface area (Å²) in [6.45, 7) is 2.06. The Kier molecular flexibility index (Phi) is 4.51. The Hall–Kier alpha value is -1.77. The SMILES string of the molecule is O=S(=O)(NCCn1cc(-c2ccncc2)cn1)N1CCCC1. The molecule has 0 radical (unpaired) electrons. The summed E-state index contributed by atoms with van der Waals surface area (Å²) in [7, 11) is -3.34. The van der Waals surface area contributed by atoms with Crippen LogP contribution >= 0.6 is 0 Å². The van der Waals surface area contributed by atoms with Crippen LogP contribution in [0.25, 0.3) is 11.1 Å². The van der Waals surface area contributed by atoms with Crippen LogP contribution in [0.15, 0.2) is 36.9 Å². The summed E-state index contributed by atoms with van der Waals surface area (Å²) in [4.78, 5) is 3.98. The molecule has 22 heavy (non-hydrogen) atoms. The number of aromatic nitrogens is 3. The fourth-order valence-electron chi connectivity index (χ4n) is 2.49. The maximum absolute atomic E-state index is 12.0. The molecule has 0 unspecified atom stereocenters. The lowest BCUT2D eigenvalue weighted by atomic mass is 10.1. The molecule has 1 aliphatic rings. The molecule has 0 bridgehead atoms. The van der Waals surface area contributed by atoms with Gasteiger partial charge >= 0.3 is 0 Å². The average Bonchev–Trinajstić information content (AvgIpc) is 3.20. The quantitative estimate of drug-likeness (QED) is 0.856. The lowest BCUT2D eigenvalue weighted by Crippen LogP contribution is -2.40. The smallest absolute Gasteiger partial charge is 0.271 e. The van der Waals surface area contributed by atoms with Crippen LogP contribution in [0.4, 0.5) is 0 Å². The van der Waals surface area contributed by atoms with E-state index >= 15 is 0 Å². The van der Waals surface area contributed by atoms with E-state index < -0.39 is 10.2 Å². The molecule has 0 spiro atoms. The van der Waals surface area contributed by atoms with Crippen LogP contribution in [-0.2, 0) is 16.8 Å². The van der Waals surface area contributed by atoms with E-state index in [1.165, 1.54) is 4.31 Å². The molecule has 0 aromatic carbocycles. The zero-order valence-electron chi connectivity index (χ0n) is 12.2. The summed E-state index contributed by atoms with van der Waals surface area (Å²) in [6.07, 6.45) is 9.02. The lowest BCUT2D eigenvalue weighted by Gasteiger charge is -2.15. The van der Waals surface area contributed by atoms with Crippen molar-refractivity contribution in [3.8, 4) is 11.1 Å². The normalized spacial score (nSPS) is 16.2. The fourth-order valence-corrected chi connectivity index (χ4v) is 3.76. The lowest BCUT2D eigenvalue weighted by molar-refractivity contribution is 0.460. The van der Waals surface area contributed by atoms with Gasteiger partial charge in [-0.2, -0.15) is 17.8 Å². The van der Waals surface area contributed by atoms with E-state index in [1.807, 2.05) is 18.3 Å². The van der Waals surface area contributed by atoms with Gasteiger partial charge in [-0.1, -0.05) is 0 Å². The van der Waals surface area contributed by atoms with Crippen LogP contribution in [0.2, 0.25) is 0 Å². The highest BCUT2D eigenvalue weighted by atomic mass is 32.2. The van der Waals surface area contributed by atoms with Gasteiger partial charge < -0.3 is 0 Å². The third-order valence-corrected chi connectivity index (χ3v) is 5.29. The van der Waals surface area contributed by atoms with E-state index in [9.17, 15) is 8.42 Å². The highest BCUT2D eigenvalue weighted by molar-refractivity contribution is 7.87. The fraction of sp³-hybridized carbons (Fsp3) is 0.429. The summed E-state index contributed by atoms with van der Waals surface area (Å²) in [5.74, 6) is 0. The van der Waals surface area contributed by atoms with Crippen molar-refractivity contribution in [2.45, 2.75) is 19.4 Å². The Morgan fingerprint density at radius 1 is 1.14 bits per heavy atom. The minimum atomic E-state index is -3.34. The molecule has 3 heterocycles. The van der Waals surface area contributed by atoms with E-state index in [0.717, 1.165) is 24.0 Å². The van der Waals surface area contributed by atoms with Crippen LogP contribution in [-0.4, -0.2) is 47.1 Å². The van der Waals surface area contributed by atoms with Gasteiger partial charge in [-0.3, -0.25) is 9.67 Å². The van der Waals surface area contributed by atoms with E-state index in [2.05, 4.69) is 14.8 Å². The zero-order chi connectivity index (χ0) is 15.4. The summed E-state index contributed by atoms with van der Waals surface area (Å²) < 4.78 is 29.9. The number of hydrogen-bond donors (Lipinski definition) is 1. The first-order chi connectivity index (χ1) is 10.6. The number of hydrogen-bond acceptors (Lipinski definition) is 4. The van der Waals surface area contributed by atoms with E-state index in [-0.39, 0.29) is 0 Å². The molecule has 3 rings (SSSR count). The molecule has 2 aromatic rings. The van der Waals surface area contributed by atoms with Crippen molar-refractivity contribution in [1.82, 2.24) is 23.8 Å². The number of pyridine rings is 1. The van der Waals surface area contributed by atoms with Crippen molar-refractivity contribution >= 4 is 10.2 Å². The summed E-state index contributed by atoms with van der Waals surface area (Å²) in [5.41, 5.74) is 2.03. The van der Waals surface area contributed by atoms with Gasteiger partial charge in [0.2, 0.25) is 0 Å². The molecule has 0 amide bonds. The number of nitrogens with one attached hydrogen (secondary N) is 1. The minimum absolute atomic E-state index is 0.330. The second kappa shape index (κ2) is 6.55. The second-order valence-corrected chi connectivity index (χ2v) is 6.99. The Morgan fingerprint density at radius 2 is 1.86 bits per heavy atom. The van der Waals surface area contributed by atoms with E-state index in [0.29, 0.717) is 26.2 Å². The van der Waals surface area contributed by atoms with Gasteiger partial charge in [-0.05, 0) is 30.5 Å². The molecule has 1 aliphatic heterocycles.